The third-order valence-electron chi connectivity index (χ3n) is 2.32. The van der Waals surface area contributed by atoms with Gasteiger partial charge in [0.15, 0.2) is 5.17 Å². The molecule has 0 aliphatic carbocycles. The van der Waals surface area contributed by atoms with Gasteiger partial charge in [0.05, 0.1) is 11.5 Å². The number of furan rings is 1. The van der Waals surface area contributed by atoms with E-state index in [-0.39, 0.29) is 11.2 Å². The summed E-state index contributed by atoms with van der Waals surface area (Å²) in [6.07, 6.45) is 2.37. The zero-order valence-corrected chi connectivity index (χ0v) is 10.5. The van der Waals surface area contributed by atoms with Gasteiger partial charge >= 0.3 is 0 Å². The van der Waals surface area contributed by atoms with Crippen molar-refractivity contribution in [3.63, 3.8) is 0 Å². The van der Waals surface area contributed by atoms with Gasteiger partial charge in [0.2, 0.25) is 5.91 Å². The van der Waals surface area contributed by atoms with Crippen molar-refractivity contribution in [2.75, 3.05) is 0 Å². The second kappa shape index (κ2) is 5.18. The fraction of sp³-hybridized carbons (Fsp3) is 0.364. The van der Waals surface area contributed by atoms with Crippen LogP contribution in [0, 0.1) is 0 Å². The molecule has 1 N–H and O–H groups in total. The van der Waals surface area contributed by atoms with Gasteiger partial charge in [-0.05, 0) is 25.5 Å². The summed E-state index contributed by atoms with van der Waals surface area (Å²) in [7, 11) is 0. The lowest BCUT2D eigenvalue weighted by Crippen LogP contribution is -2.24. The first kappa shape index (κ1) is 11.9. The Morgan fingerprint density at radius 2 is 2.47 bits per heavy atom. The van der Waals surface area contributed by atoms with Crippen LogP contribution in [0.2, 0.25) is 0 Å². The number of nitrogens with one attached hydrogen (secondary N) is 1. The highest BCUT2D eigenvalue weighted by atomic mass is 32.2. The first-order chi connectivity index (χ1) is 8.20. The van der Waals surface area contributed by atoms with Crippen LogP contribution in [-0.2, 0) is 4.79 Å². The minimum Gasteiger partial charge on any atom is -0.463 e. The summed E-state index contributed by atoms with van der Waals surface area (Å²) in [6, 6.07) is 3.61. The van der Waals surface area contributed by atoms with E-state index in [9.17, 15) is 4.79 Å². The second-order valence-electron chi connectivity index (χ2n) is 3.57. The molecule has 1 aliphatic heterocycles. The van der Waals surface area contributed by atoms with Gasteiger partial charge < -0.3 is 9.73 Å². The molecule has 1 aliphatic rings. The average Bonchev–Trinajstić information content (AvgIpc) is 2.95. The Morgan fingerprint density at radius 3 is 3.06 bits per heavy atom. The van der Waals surface area contributed by atoms with Crippen molar-refractivity contribution in [2.45, 2.75) is 25.5 Å². The average molecular weight is 251 g/mol. The molecule has 1 saturated heterocycles. The molecule has 0 radical (unpaired) electrons. The summed E-state index contributed by atoms with van der Waals surface area (Å²) < 4.78 is 5.18. The molecule has 6 heteroatoms. The Balaban J connectivity index is 2.07. The van der Waals surface area contributed by atoms with E-state index < -0.39 is 0 Å². The summed E-state index contributed by atoms with van der Waals surface area (Å²) in [4.78, 5) is 11.4. The number of amides is 1. The van der Waals surface area contributed by atoms with Gasteiger partial charge in [0.1, 0.15) is 11.5 Å². The Morgan fingerprint density at radius 1 is 1.65 bits per heavy atom. The van der Waals surface area contributed by atoms with Gasteiger partial charge in [0.25, 0.3) is 0 Å². The van der Waals surface area contributed by atoms with E-state index in [0.29, 0.717) is 16.6 Å². The maximum Gasteiger partial charge on any atom is 0.239 e. The van der Waals surface area contributed by atoms with Gasteiger partial charge in [-0.15, -0.1) is 10.2 Å². The molecule has 5 nitrogen and oxygen atoms in total. The van der Waals surface area contributed by atoms with Crippen LogP contribution in [0.15, 0.2) is 33.0 Å². The Bertz CT molecular complexity index is 465. The molecule has 1 aromatic heterocycles. The monoisotopic (exact) mass is 251 g/mol. The van der Waals surface area contributed by atoms with Crippen LogP contribution < -0.4 is 5.32 Å². The molecule has 2 heterocycles. The zero-order chi connectivity index (χ0) is 12.3. The molecule has 1 fully saturated rings. The third kappa shape index (κ3) is 2.76. The molecule has 0 saturated carbocycles. The molecule has 2 rings (SSSR count). The Kier molecular flexibility index (Phi) is 3.63. The van der Waals surface area contributed by atoms with E-state index in [0.717, 1.165) is 6.42 Å². The predicted molar refractivity (Wildman–Crippen MR) is 68.2 cm³/mol. The normalized spacial score (nSPS) is 23.2. The van der Waals surface area contributed by atoms with Crippen LogP contribution in [-0.4, -0.2) is 22.0 Å². The number of hydrogen-bond acceptors (Lipinski definition) is 5. The lowest BCUT2D eigenvalue weighted by molar-refractivity contribution is -0.118. The molecule has 90 valence electrons. The van der Waals surface area contributed by atoms with Crippen LogP contribution in [0.5, 0.6) is 0 Å². The summed E-state index contributed by atoms with van der Waals surface area (Å²) in [5.74, 6) is 0.679. The molecule has 1 unspecified atom stereocenters. The van der Waals surface area contributed by atoms with Gasteiger partial charge in [-0.1, -0.05) is 18.7 Å². The second-order valence-corrected chi connectivity index (χ2v) is 4.76. The fourth-order valence-electron chi connectivity index (χ4n) is 1.38. The van der Waals surface area contributed by atoms with Crippen molar-refractivity contribution in [1.29, 1.82) is 0 Å². The summed E-state index contributed by atoms with van der Waals surface area (Å²) in [5.41, 5.74) is 0.678. The number of carbonyl (C=O) groups excluding carboxylic acids is 1. The minimum absolute atomic E-state index is 0.00195. The van der Waals surface area contributed by atoms with Gasteiger partial charge in [-0.3, -0.25) is 4.79 Å². The summed E-state index contributed by atoms with van der Waals surface area (Å²) >= 11 is 1.41. The van der Waals surface area contributed by atoms with Crippen molar-refractivity contribution >= 4 is 28.5 Å². The minimum atomic E-state index is -0.0483. The smallest absolute Gasteiger partial charge is 0.239 e. The molecule has 0 aromatic carbocycles. The molecular formula is C11H13N3O2S. The highest BCUT2D eigenvalue weighted by molar-refractivity contribution is 8.15. The largest absolute Gasteiger partial charge is 0.463 e. The zero-order valence-electron chi connectivity index (χ0n) is 9.64. The van der Waals surface area contributed by atoms with E-state index in [2.05, 4.69) is 15.5 Å². The molecule has 1 atom stereocenters. The van der Waals surface area contributed by atoms with Crippen LogP contribution in [0.1, 0.15) is 26.0 Å². The maximum absolute atomic E-state index is 11.4. The topological polar surface area (TPSA) is 67.0 Å². The number of nitrogens with zero attached hydrogens (tertiary/aromatic N) is 2. The van der Waals surface area contributed by atoms with Crippen molar-refractivity contribution in [2.24, 2.45) is 10.2 Å². The molecular weight excluding hydrogens is 238 g/mol. The maximum atomic E-state index is 11.4. The number of thioether (sulfide) groups is 1. The number of hydrogen-bond donors (Lipinski definition) is 1. The molecule has 0 bridgehead atoms. The molecule has 1 aromatic rings. The summed E-state index contributed by atoms with van der Waals surface area (Å²) in [5, 5.41) is 11.2. The van der Waals surface area contributed by atoms with E-state index in [1.54, 1.807) is 12.3 Å². The SMILES string of the molecule is CCC1S/C(=N/N=C(/C)c2ccco2)NC1=O. The van der Waals surface area contributed by atoms with Crippen molar-refractivity contribution in [3.05, 3.63) is 24.2 Å². The molecule has 17 heavy (non-hydrogen) atoms. The quantitative estimate of drug-likeness (QED) is 0.660. The van der Waals surface area contributed by atoms with Crippen LogP contribution in [0.4, 0.5) is 0 Å². The lowest BCUT2D eigenvalue weighted by Gasteiger charge is -1.95. The fourth-order valence-corrected chi connectivity index (χ4v) is 2.22. The van der Waals surface area contributed by atoms with E-state index >= 15 is 0 Å². The van der Waals surface area contributed by atoms with E-state index in [1.165, 1.54) is 11.8 Å². The highest BCUT2D eigenvalue weighted by Crippen LogP contribution is 2.21. The van der Waals surface area contributed by atoms with Crippen LogP contribution in [0.25, 0.3) is 0 Å². The van der Waals surface area contributed by atoms with Gasteiger partial charge in [-0.25, -0.2) is 0 Å². The standard InChI is InChI=1S/C11H13N3O2S/c1-3-9-10(15)12-11(17-9)14-13-7(2)8-5-4-6-16-8/h4-6,9H,3H2,1-2H3,(H,12,14,15)/b13-7-. The van der Waals surface area contributed by atoms with Crippen LogP contribution >= 0.6 is 11.8 Å². The van der Waals surface area contributed by atoms with E-state index in [4.69, 9.17) is 4.42 Å². The van der Waals surface area contributed by atoms with Gasteiger partial charge in [0, 0.05) is 0 Å². The number of carbonyl (C=O) groups is 1. The van der Waals surface area contributed by atoms with E-state index in [1.807, 2.05) is 19.9 Å². The van der Waals surface area contributed by atoms with Crippen molar-refractivity contribution in [1.82, 2.24) is 5.32 Å². The number of amidine groups is 1. The third-order valence-corrected chi connectivity index (χ3v) is 3.55. The predicted octanol–water partition coefficient (Wildman–Crippen LogP) is 2.00. The van der Waals surface area contributed by atoms with Crippen LogP contribution in [0.3, 0.4) is 0 Å². The van der Waals surface area contributed by atoms with Crippen molar-refractivity contribution < 1.29 is 9.21 Å². The summed E-state index contributed by atoms with van der Waals surface area (Å²) in [6.45, 7) is 3.78. The van der Waals surface area contributed by atoms with Gasteiger partial charge in [-0.2, -0.15) is 0 Å². The Labute approximate surface area is 103 Å². The Hall–Kier alpha value is -1.56. The number of rotatable bonds is 3. The molecule has 0 spiro atoms. The lowest BCUT2D eigenvalue weighted by atomic mass is 10.3. The first-order valence-electron chi connectivity index (χ1n) is 5.34. The van der Waals surface area contributed by atoms with Crippen molar-refractivity contribution in [3.8, 4) is 0 Å². The highest BCUT2D eigenvalue weighted by Gasteiger charge is 2.28. The first-order valence-corrected chi connectivity index (χ1v) is 6.22. The molecule has 1 amide bonds.